The first kappa shape index (κ1) is 14.4. The molecular weight excluding hydrogens is 220 g/mol. The largest absolute Gasteiger partial charge is 0.383 e. The fourth-order valence-electron chi connectivity index (χ4n) is 1.98. The summed E-state index contributed by atoms with van der Waals surface area (Å²) < 4.78 is 10.3. The first-order valence-corrected chi connectivity index (χ1v) is 6.23. The molecule has 1 fully saturated rings. The van der Waals surface area contributed by atoms with E-state index in [0.717, 1.165) is 19.6 Å². The van der Waals surface area contributed by atoms with E-state index in [1.807, 2.05) is 6.92 Å². The van der Waals surface area contributed by atoms with E-state index in [-0.39, 0.29) is 11.9 Å². The zero-order valence-electron chi connectivity index (χ0n) is 11.0. The minimum Gasteiger partial charge on any atom is -0.383 e. The van der Waals surface area contributed by atoms with Gasteiger partial charge in [-0.1, -0.05) is 0 Å². The second kappa shape index (κ2) is 7.63. The molecule has 5 heteroatoms. The SMILES string of the molecule is COCC(C)NC(=O)CNC(C)C1CCOC1. The van der Waals surface area contributed by atoms with Crippen molar-refractivity contribution in [2.75, 3.05) is 33.5 Å². The predicted molar refractivity (Wildman–Crippen MR) is 65.9 cm³/mol. The Bertz CT molecular complexity index is 230. The van der Waals surface area contributed by atoms with E-state index >= 15 is 0 Å². The van der Waals surface area contributed by atoms with Crippen LogP contribution in [0.1, 0.15) is 20.3 Å². The van der Waals surface area contributed by atoms with Crippen LogP contribution < -0.4 is 10.6 Å². The van der Waals surface area contributed by atoms with Gasteiger partial charge in [0.1, 0.15) is 0 Å². The highest BCUT2D eigenvalue weighted by Crippen LogP contribution is 2.15. The van der Waals surface area contributed by atoms with Crippen molar-refractivity contribution in [3.05, 3.63) is 0 Å². The molecule has 2 N–H and O–H groups in total. The Balaban J connectivity index is 2.14. The summed E-state index contributed by atoms with van der Waals surface area (Å²) in [7, 11) is 1.63. The number of nitrogens with one attached hydrogen (secondary N) is 2. The van der Waals surface area contributed by atoms with Crippen LogP contribution in [0.15, 0.2) is 0 Å². The Labute approximate surface area is 103 Å². The van der Waals surface area contributed by atoms with Gasteiger partial charge in [-0.2, -0.15) is 0 Å². The fourth-order valence-corrected chi connectivity index (χ4v) is 1.98. The van der Waals surface area contributed by atoms with Crippen LogP contribution in [0.3, 0.4) is 0 Å². The zero-order chi connectivity index (χ0) is 12.7. The van der Waals surface area contributed by atoms with Crippen molar-refractivity contribution in [3.63, 3.8) is 0 Å². The maximum Gasteiger partial charge on any atom is 0.234 e. The molecule has 1 rings (SSSR count). The molecule has 0 saturated carbocycles. The molecule has 0 aliphatic carbocycles. The monoisotopic (exact) mass is 244 g/mol. The minimum absolute atomic E-state index is 0.0142. The molecule has 0 radical (unpaired) electrons. The number of rotatable bonds is 7. The number of hydrogen-bond donors (Lipinski definition) is 2. The van der Waals surface area contributed by atoms with Gasteiger partial charge in [-0.3, -0.25) is 4.79 Å². The Kier molecular flexibility index (Phi) is 6.47. The van der Waals surface area contributed by atoms with Crippen LogP contribution in [-0.4, -0.2) is 51.5 Å². The molecule has 3 atom stereocenters. The molecule has 1 aliphatic heterocycles. The summed E-state index contributed by atoms with van der Waals surface area (Å²) in [6, 6.07) is 0.375. The van der Waals surface area contributed by atoms with Crippen LogP contribution in [0.5, 0.6) is 0 Å². The van der Waals surface area contributed by atoms with Gasteiger partial charge in [0.05, 0.1) is 19.8 Å². The van der Waals surface area contributed by atoms with Crippen molar-refractivity contribution in [1.82, 2.24) is 10.6 Å². The van der Waals surface area contributed by atoms with Crippen molar-refractivity contribution in [2.24, 2.45) is 5.92 Å². The molecule has 0 bridgehead atoms. The summed E-state index contributed by atoms with van der Waals surface area (Å²) in [5.74, 6) is 0.541. The lowest BCUT2D eigenvalue weighted by molar-refractivity contribution is -0.121. The number of hydrogen-bond acceptors (Lipinski definition) is 4. The van der Waals surface area contributed by atoms with Crippen molar-refractivity contribution in [2.45, 2.75) is 32.4 Å². The van der Waals surface area contributed by atoms with E-state index in [4.69, 9.17) is 9.47 Å². The van der Waals surface area contributed by atoms with E-state index in [0.29, 0.717) is 25.1 Å². The number of methoxy groups -OCH3 is 1. The second-order valence-electron chi connectivity index (χ2n) is 4.72. The summed E-state index contributed by atoms with van der Waals surface area (Å²) in [6.07, 6.45) is 1.08. The quantitative estimate of drug-likeness (QED) is 0.669. The van der Waals surface area contributed by atoms with E-state index in [1.165, 1.54) is 0 Å². The topological polar surface area (TPSA) is 59.6 Å². The van der Waals surface area contributed by atoms with Gasteiger partial charge in [0, 0.05) is 25.8 Å². The molecule has 100 valence electrons. The highest BCUT2D eigenvalue weighted by Gasteiger charge is 2.22. The molecule has 5 nitrogen and oxygen atoms in total. The van der Waals surface area contributed by atoms with Gasteiger partial charge in [-0.25, -0.2) is 0 Å². The van der Waals surface area contributed by atoms with Crippen molar-refractivity contribution < 1.29 is 14.3 Å². The summed E-state index contributed by atoms with van der Waals surface area (Å²) in [5.41, 5.74) is 0. The van der Waals surface area contributed by atoms with Gasteiger partial charge in [-0.15, -0.1) is 0 Å². The minimum atomic E-state index is 0.0142. The van der Waals surface area contributed by atoms with Gasteiger partial charge in [0.15, 0.2) is 0 Å². The summed E-state index contributed by atoms with van der Waals surface area (Å²) in [6.45, 7) is 6.56. The molecule has 17 heavy (non-hydrogen) atoms. The maximum absolute atomic E-state index is 11.6. The normalized spacial score (nSPS) is 23.4. The second-order valence-corrected chi connectivity index (χ2v) is 4.72. The summed E-state index contributed by atoms with van der Waals surface area (Å²) >= 11 is 0. The lowest BCUT2D eigenvalue weighted by Gasteiger charge is -2.20. The number of carbonyl (C=O) groups excluding carboxylic acids is 1. The first-order chi connectivity index (χ1) is 8.13. The van der Waals surface area contributed by atoms with Gasteiger partial charge in [0.25, 0.3) is 0 Å². The van der Waals surface area contributed by atoms with Crippen molar-refractivity contribution >= 4 is 5.91 Å². The fraction of sp³-hybridized carbons (Fsp3) is 0.917. The molecule has 0 aromatic carbocycles. The van der Waals surface area contributed by atoms with Gasteiger partial charge in [0.2, 0.25) is 5.91 Å². The molecular formula is C12H24N2O3. The van der Waals surface area contributed by atoms with Crippen LogP contribution in [0.4, 0.5) is 0 Å². The molecule has 1 saturated heterocycles. The summed E-state index contributed by atoms with van der Waals surface area (Å²) in [4.78, 5) is 11.6. The summed E-state index contributed by atoms with van der Waals surface area (Å²) in [5, 5.41) is 6.11. The van der Waals surface area contributed by atoms with Gasteiger partial charge >= 0.3 is 0 Å². The Morgan fingerprint density at radius 2 is 2.29 bits per heavy atom. The highest BCUT2D eigenvalue weighted by molar-refractivity contribution is 5.78. The third-order valence-corrected chi connectivity index (χ3v) is 3.08. The van der Waals surface area contributed by atoms with Gasteiger partial charge in [-0.05, 0) is 26.2 Å². The Morgan fingerprint density at radius 1 is 1.53 bits per heavy atom. The van der Waals surface area contributed by atoms with E-state index in [9.17, 15) is 4.79 Å². The molecule has 1 amide bonds. The zero-order valence-corrected chi connectivity index (χ0v) is 11.0. The third kappa shape index (κ3) is 5.48. The van der Waals surface area contributed by atoms with Crippen LogP contribution in [0.2, 0.25) is 0 Å². The molecule has 0 aromatic rings. The average Bonchev–Trinajstić information content (AvgIpc) is 2.79. The number of carbonyl (C=O) groups is 1. The van der Waals surface area contributed by atoms with Crippen molar-refractivity contribution in [3.8, 4) is 0 Å². The maximum atomic E-state index is 11.6. The Morgan fingerprint density at radius 3 is 2.88 bits per heavy atom. The molecule has 3 unspecified atom stereocenters. The van der Waals surface area contributed by atoms with Crippen LogP contribution >= 0.6 is 0 Å². The molecule has 0 spiro atoms. The Hall–Kier alpha value is -0.650. The lowest BCUT2D eigenvalue weighted by Crippen LogP contribution is -2.44. The van der Waals surface area contributed by atoms with E-state index in [2.05, 4.69) is 17.6 Å². The van der Waals surface area contributed by atoms with Gasteiger partial charge < -0.3 is 20.1 Å². The van der Waals surface area contributed by atoms with Crippen molar-refractivity contribution in [1.29, 1.82) is 0 Å². The van der Waals surface area contributed by atoms with Crippen LogP contribution in [0.25, 0.3) is 0 Å². The molecule has 1 heterocycles. The standard InChI is InChI=1S/C12H24N2O3/c1-9(7-16-3)14-12(15)6-13-10(2)11-4-5-17-8-11/h9-11,13H,4-8H2,1-3H3,(H,14,15). The number of ether oxygens (including phenoxy) is 2. The van der Waals surface area contributed by atoms with Crippen LogP contribution in [-0.2, 0) is 14.3 Å². The third-order valence-electron chi connectivity index (χ3n) is 3.08. The highest BCUT2D eigenvalue weighted by atomic mass is 16.5. The smallest absolute Gasteiger partial charge is 0.234 e. The molecule has 1 aliphatic rings. The number of amides is 1. The predicted octanol–water partition coefficient (Wildman–Crippen LogP) is 0.152. The average molecular weight is 244 g/mol. The first-order valence-electron chi connectivity index (χ1n) is 6.23. The lowest BCUT2D eigenvalue weighted by atomic mass is 10.0. The molecule has 0 aromatic heterocycles. The van der Waals surface area contributed by atoms with E-state index in [1.54, 1.807) is 7.11 Å². The van der Waals surface area contributed by atoms with E-state index < -0.39 is 0 Å². The van der Waals surface area contributed by atoms with Crippen LogP contribution in [0, 0.1) is 5.92 Å².